The molecule has 0 bridgehead atoms. The number of carbonyl (C=O) groups excluding carboxylic acids is 2. The zero-order chi connectivity index (χ0) is 31.6. The average Bonchev–Trinajstić information content (AvgIpc) is 3.00. The van der Waals surface area contributed by atoms with Gasteiger partial charge in [0.15, 0.2) is 5.82 Å². The number of piperazine rings is 1. The minimum atomic E-state index is -0.372. The van der Waals surface area contributed by atoms with Crippen LogP contribution in [0.15, 0.2) is 65.8 Å². The maximum absolute atomic E-state index is 13.0. The van der Waals surface area contributed by atoms with Crippen molar-refractivity contribution in [2.75, 3.05) is 43.9 Å². The van der Waals surface area contributed by atoms with Crippen molar-refractivity contribution in [1.29, 1.82) is 0 Å². The predicted molar refractivity (Wildman–Crippen MR) is 171 cm³/mol. The first-order chi connectivity index (χ1) is 20.9. The van der Waals surface area contributed by atoms with Crippen LogP contribution >= 0.6 is 0 Å². The van der Waals surface area contributed by atoms with E-state index in [1.165, 1.54) is 10.8 Å². The topological polar surface area (TPSA) is 125 Å². The van der Waals surface area contributed by atoms with E-state index in [4.69, 9.17) is 0 Å². The zero-order valence-electron chi connectivity index (χ0n) is 26.0. The fourth-order valence-electron chi connectivity index (χ4n) is 4.91. The van der Waals surface area contributed by atoms with Gasteiger partial charge in [0, 0.05) is 73.5 Å². The van der Waals surface area contributed by atoms with E-state index in [2.05, 4.69) is 37.5 Å². The highest BCUT2D eigenvalue weighted by atomic mass is 16.2. The minimum absolute atomic E-state index is 0.00268. The van der Waals surface area contributed by atoms with E-state index >= 15 is 0 Å². The molecular weight excluding hydrogens is 556 g/mol. The van der Waals surface area contributed by atoms with E-state index in [0.717, 1.165) is 29.9 Å². The molecule has 11 heteroatoms. The third kappa shape index (κ3) is 6.68. The summed E-state index contributed by atoms with van der Waals surface area (Å²) in [4.78, 5) is 56.3. The molecule has 2 aromatic carbocycles. The van der Waals surface area contributed by atoms with Crippen LogP contribution in [0.5, 0.6) is 0 Å². The van der Waals surface area contributed by atoms with Crippen LogP contribution in [0.4, 0.5) is 17.2 Å². The average molecular weight is 595 g/mol. The van der Waals surface area contributed by atoms with E-state index in [1.807, 2.05) is 44.7 Å². The number of carbonyl (C=O) groups is 2. The largest absolute Gasteiger partial charge is 0.336 e. The van der Waals surface area contributed by atoms with E-state index in [1.54, 1.807) is 49.8 Å². The van der Waals surface area contributed by atoms with Gasteiger partial charge in [-0.05, 0) is 49.9 Å². The number of nitrogens with zero attached hydrogens (tertiary/aromatic N) is 6. The van der Waals surface area contributed by atoms with Crippen molar-refractivity contribution in [3.8, 4) is 11.3 Å². The molecule has 44 heavy (non-hydrogen) atoms. The van der Waals surface area contributed by atoms with Gasteiger partial charge in [-0.1, -0.05) is 32.9 Å². The van der Waals surface area contributed by atoms with Gasteiger partial charge in [-0.3, -0.25) is 19.4 Å². The number of aryl methyl sites for hydroxylation is 1. The van der Waals surface area contributed by atoms with Crippen LogP contribution in [0, 0.1) is 6.92 Å². The number of benzene rings is 2. The molecule has 1 saturated heterocycles. The van der Waals surface area contributed by atoms with E-state index in [0.29, 0.717) is 35.7 Å². The first kappa shape index (κ1) is 30.6. The molecule has 2 aromatic heterocycles. The minimum Gasteiger partial charge on any atom is -0.336 e. The maximum Gasteiger partial charge on any atom is 0.293 e. The van der Waals surface area contributed by atoms with E-state index in [9.17, 15) is 14.4 Å². The normalized spacial score (nSPS) is 13.9. The molecule has 2 N–H and O–H groups in total. The number of rotatable bonds is 6. The summed E-state index contributed by atoms with van der Waals surface area (Å²) in [6.07, 6.45) is 4.77. The molecule has 11 nitrogen and oxygen atoms in total. The Bertz CT molecular complexity index is 1730. The van der Waals surface area contributed by atoms with Gasteiger partial charge < -0.3 is 25.0 Å². The summed E-state index contributed by atoms with van der Waals surface area (Å²) in [5.74, 6) is -0.230. The van der Waals surface area contributed by atoms with Crippen LogP contribution in [0.3, 0.4) is 0 Å². The molecule has 0 saturated carbocycles. The van der Waals surface area contributed by atoms with Crippen LogP contribution in [0.1, 0.15) is 52.9 Å². The summed E-state index contributed by atoms with van der Waals surface area (Å²) >= 11 is 0. The van der Waals surface area contributed by atoms with Gasteiger partial charge in [-0.2, -0.15) is 0 Å². The third-order valence-corrected chi connectivity index (χ3v) is 7.77. The second kappa shape index (κ2) is 12.4. The Morgan fingerprint density at radius 3 is 2.25 bits per heavy atom. The molecule has 3 heterocycles. The lowest BCUT2D eigenvalue weighted by molar-refractivity contribution is 0.0664. The summed E-state index contributed by atoms with van der Waals surface area (Å²) < 4.78 is 1.47. The molecule has 0 atom stereocenters. The number of likely N-dealkylation sites (N-methyl/N-ethyl adjacent to an activating group) is 1. The Morgan fingerprint density at radius 1 is 0.909 bits per heavy atom. The molecular formula is C33H38N8O3. The lowest BCUT2D eigenvalue weighted by Gasteiger charge is -2.32. The fraction of sp³-hybridized carbons (Fsp3) is 0.333. The maximum atomic E-state index is 13.0. The highest BCUT2D eigenvalue weighted by molar-refractivity contribution is 6.03. The number of amides is 2. The van der Waals surface area contributed by atoms with E-state index in [-0.39, 0.29) is 34.3 Å². The second-order valence-corrected chi connectivity index (χ2v) is 12.2. The van der Waals surface area contributed by atoms with Crippen molar-refractivity contribution >= 4 is 29.0 Å². The number of anilines is 3. The van der Waals surface area contributed by atoms with Crippen molar-refractivity contribution in [2.45, 2.75) is 33.1 Å². The fourth-order valence-corrected chi connectivity index (χ4v) is 4.91. The van der Waals surface area contributed by atoms with Crippen LogP contribution in [-0.2, 0) is 12.5 Å². The quantitative estimate of drug-likeness (QED) is 0.340. The number of hydrogen-bond acceptors (Lipinski definition) is 8. The molecule has 1 aliphatic heterocycles. The van der Waals surface area contributed by atoms with E-state index < -0.39 is 0 Å². The summed E-state index contributed by atoms with van der Waals surface area (Å²) in [5.41, 5.74) is 4.46. The number of nitrogens with one attached hydrogen (secondary N) is 2. The molecule has 1 fully saturated rings. The van der Waals surface area contributed by atoms with Crippen molar-refractivity contribution < 1.29 is 9.59 Å². The first-order valence-electron chi connectivity index (χ1n) is 14.6. The standard InChI is InChI=1S/C33H38N8O3/c1-21-24(8-7-9-25(21)38-30(42)26-18-35-28(19-34-26)33(2,3)4)27-20-40(6)32(44)29(37-27)36-23-12-10-22(11-13-23)31(43)41-16-14-39(5)15-17-41/h7-13,18-20H,14-17H2,1-6H3,(H,36,37)(H,38,42). The highest BCUT2D eigenvalue weighted by Gasteiger charge is 2.21. The lowest BCUT2D eigenvalue weighted by atomic mass is 9.93. The Balaban J connectivity index is 1.34. The van der Waals surface area contributed by atoms with Gasteiger partial charge in [-0.15, -0.1) is 0 Å². The Hall–Kier alpha value is -4.90. The molecule has 0 radical (unpaired) electrons. The van der Waals surface area contributed by atoms with Gasteiger partial charge in [0.1, 0.15) is 5.69 Å². The molecule has 4 aromatic rings. The Morgan fingerprint density at radius 2 is 1.61 bits per heavy atom. The van der Waals surface area contributed by atoms with Gasteiger partial charge >= 0.3 is 0 Å². The van der Waals surface area contributed by atoms with Gasteiger partial charge in [0.25, 0.3) is 17.4 Å². The smallest absolute Gasteiger partial charge is 0.293 e. The van der Waals surface area contributed by atoms with Crippen molar-refractivity contribution in [2.24, 2.45) is 7.05 Å². The summed E-state index contributed by atoms with van der Waals surface area (Å²) in [5, 5.41) is 6.05. The van der Waals surface area contributed by atoms with Crippen molar-refractivity contribution in [3.05, 3.63) is 93.9 Å². The monoisotopic (exact) mass is 594 g/mol. The lowest BCUT2D eigenvalue weighted by Crippen LogP contribution is -2.47. The molecule has 0 unspecified atom stereocenters. The Kier molecular flexibility index (Phi) is 8.59. The molecule has 228 valence electrons. The SMILES string of the molecule is Cc1c(NC(=O)c2cnc(C(C)(C)C)cn2)cccc1-c1cn(C)c(=O)c(Nc2ccc(C(=O)N3CCN(C)CC3)cc2)n1. The zero-order valence-corrected chi connectivity index (χ0v) is 26.0. The molecule has 0 spiro atoms. The van der Waals surface area contributed by atoms with Gasteiger partial charge in [0.2, 0.25) is 0 Å². The summed E-state index contributed by atoms with van der Waals surface area (Å²) in [7, 11) is 3.71. The first-order valence-corrected chi connectivity index (χ1v) is 14.6. The number of aromatic nitrogens is 4. The molecule has 1 aliphatic rings. The third-order valence-electron chi connectivity index (χ3n) is 7.77. The van der Waals surface area contributed by atoms with Gasteiger partial charge in [0.05, 0.1) is 17.6 Å². The highest BCUT2D eigenvalue weighted by Crippen LogP contribution is 2.28. The van der Waals surface area contributed by atoms with Gasteiger partial charge in [-0.25, -0.2) is 9.97 Å². The predicted octanol–water partition coefficient (Wildman–Crippen LogP) is 4.23. The summed E-state index contributed by atoms with van der Waals surface area (Å²) in [6, 6.07) is 12.6. The van der Waals surface area contributed by atoms with Crippen LogP contribution < -0.4 is 16.2 Å². The van der Waals surface area contributed by atoms with Crippen LogP contribution in [0.25, 0.3) is 11.3 Å². The molecule has 2 amide bonds. The molecule has 5 rings (SSSR count). The molecule has 0 aliphatic carbocycles. The van der Waals surface area contributed by atoms with Crippen LogP contribution in [-0.4, -0.2) is 74.4 Å². The number of hydrogen-bond donors (Lipinski definition) is 2. The van der Waals surface area contributed by atoms with Crippen molar-refractivity contribution in [3.63, 3.8) is 0 Å². The summed E-state index contributed by atoms with van der Waals surface area (Å²) in [6.45, 7) is 11.1. The second-order valence-electron chi connectivity index (χ2n) is 12.2. The van der Waals surface area contributed by atoms with Crippen molar-refractivity contribution in [1.82, 2.24) is 29.3 Å². The van der Waals surface area contributed by atoms with Crippen LogP contribution in [0.2, 0.25) is 0 Å². The Labute approximate surface area is 257 Å².